The molecule has 0 aromatic carbocycles. The van der Waals surface area contributed by atoms with E-state index in [1.165, 1.54) is 6.42 Å². The molecule has 2 N–H and O–H groups in total. The third-order valence-corrected chi connectivity index (χ3v) is 2.67. The summed E-state index contributed by atoms with van der Waals surface area (Å²) in [5, 5.41) is 0. The quantitative estimate of drug-likeness (QED) is 0.654. The smallest absolute Gasteiger partial charge is 0.0701 e. The second kappa shape index (κ2) is 3.75. The summed E-state index contributed by atoms with van der Waals surface area (Å²) in [5.41, 5.74) is 6.03. The maximum atomic E-state index is 5.77. The van der Waals surface area contributed by atoms with Gasteiger partial charge in [-0.2, -0.15) is 0 Å². The minimum Gasteiger partial charge on any atom is -0.374 e. The van der Waals surface area contributed by atoms with Gasteiger partial charge in [0.15, 0.2) is 0 Å². The molecule has 2 atom stereocenters. The number of ether oxygens (including phenoxy) is 1. The van der Waals surface area contributed by atoms with Gasteiger partial charge in [-0.15, -0.1) is 0 Å². The van der Waals surface area contributed by atoms with Gasteiger partial charge in [-0.3, -0.25) is 0 Å². The molecule has 1 aliphatic rings. The van der Waals surface area contributed by atoms with Crippen molar-refractivity contribution in [3.05, 3.63) is 0 Å². The Morgan fingerprint density at radius 3 is 2.75 bits per heavy atom. The maximum absolute atomic E-state index is 5.77. The molecular weight excluding hydrogens is 150 g/mol. The molecule has 0 aliphatic carbocycles. The van der Waals surface area contributed by atoms with Crippen molar-refractivity contribution in [3.8, 4) is 0 Å². The van der Waals surface area contributed by atoms with Crippen molar-refractivity contribution in [3.63, 3.8) is 0 Å². The predicted octanol–water partition coefficient (Wildman–Crippen LogP) is 1.93. The van der Waals surface area contributed by atoms with Crippen LogP contribution in [0, 0.1) is 5.41 Å². The summed E-state index contributed by atoms with van der Waals surface area (Å²) in [6.07, 6.45) is 4.18. The van der Waals surface area contributed by atoms with Gasteiger partial charge in [0.2, 0.25) is 0 Å². The highest BCUT2D eigenvalue weighted by molar-refractivity contribution is 4.78. The lowest BCUT2D eigenvalue weighted by Crippen LogP contribution is -2.25. The topological polar surface area (TPSA) is 35.2 Å². The summed E-state index contributed by atoms with van der Waals surface area (Å²) in [4.78, 5) is 0. The molecule has 2 unspecified atom stereocenters. The molecule has 1 aliphatic heterocycles. The highest BCUT2D eigenvalue weighted by Gasteiger charge is 2.27. The lowest BCUT2D eigenvalue weighted by Gasteiger charge is -2.23. The summed E-state index contributed by atoms with van der Waals surface area (Å²) in [5.74, 6) is 0. The predicted molar refractivity (Wildman–Crippen MR) is 51.0 cm³/mol. The van der Waals surface area contributed by atoms with Crippen molar-refractivity contribution in [2.24, 2.45) is 11.1 Å². The lowest BCUT2D eigenvalue weighted by molar-refractivity contribution is 0.00258. The summed E-state index contributed by atoms with van der Waals surface area (Å²) >= 11 is 0. The standard InChI is InChI=1S/C10H21NO/c1-8-6-10(2,3)5-4-9(7-11)12-8/h8-9H,4-7,11H2,1-3H3. The molecule has 12 heavy (non-hydrogen) atoms. The molecule has 72 valence electrons. The average molecular weight is 171 g/mol. The van der Waals surface area contributed by atoms with E-state index in [4.69, 9.17) is 10.5 Å². The van der Waals surface area contributed by atoms with Crippen LogP contribution < -0.4 is 5.73 Å². The molecule has 1 heterocycles. The lowest BCUT2D eigenvalue weighted by atomic mass is 9.83. The SMILES string of the molecule is CC1CC(C)(C)CCC(CN)O1. The monoisotopic (exact) mass is 171 g/mol. The van der Waals surface area contributed by atoms with Crippen LogP contribution in [0.1, 0.15) is 40.0 Å². The fourth-order valence-corrected chi connectivity index (χ4v) is 2.05. The molecule has 2 heteroatoms. The van der Waals surface area contributed by atoms with Crippen LogP contribution in [0.3, 0.4) is 0 Å². The first-order valence-corrected chi connectivity index (χ1v) is 4.89. The Kier molecular flexibility index (Phi) is 3.13. The van der Waals surface area contributed by atoms with Gasteiger partial charge in [0.25, 0.3) is 0 Å². The molecule has 0 aromatic heterocycles. The van der Waals surface area contributed by atoms with Gasteiger partial charge in [0.1, 0.15) is 0 Å². The van der Waals surface area contributed by atoms with Gasteiger partial charge in [0.05, 0.1) is 12.2 Å². The zero-order chi connectivity index (χ0) is 9.19. The maximum Gasteiger partial charge on any atom is 0.0701 e. The highest BCUT2D eigenvalue weighted by atomic mass is 16.5. The Balaban J connectivity index is 2.53. The van der Waals surface area contributed by atoms with Crippen molar-refractivity contribution < 1.29 is 4.74 Å². The van der Waals surface area contributed by atoms with Crippen molar-refractivity contribution in [2.45, 2.75) is 52.2 Å². The van der Waals surface area contributed by atoms with Gasteiger partial charge in [-0.05, 0) is 31.6 Å². The first-order chi connectivity index (χ1) is 5.53. The van der Waals surface area contributed by atoms with Gasteiger partial charge in [-0.25, -0.2) is 0 Å². The number of nitrogens with two attached hydrogens (primary N) is 1. The average Bonchev–Trinajstić information content (AvgIpc) is 2.07. The van der Waals surface area contributed by atoms with E-state index < -0.39 is 0 Å². The van der Waals surface area contributed by atoms with Crippen LogP contribution in [0.25, 0.3) is 0 Å². The third-order valence-electron chi connectivity index (χ3n) is 2.67. The number of hydrogen-bond acceptors (Lipinski definition) is 2. The zero-order valence-corrected chi connectivity index (χ0v) is 8.47. The van der Waals surface area contributed by atoms with Crippen LogP contribution in [-0.2, 0) is 4.74 Å². The molecule has 0 spiro atoms. The minimum absolute atomic E-state index is 0.293. The Labute approximate surface area is 75.5 Å². The molecular formula is C10H21NO. The van der Waals surface area contributed by atoms with Crippen molar-refractivity contribution in [1.29, 1.82) is 0 Å². The molecule has 1 fully saturated rings. The van der Waals surface area contributed by atoms with Crippen LogP contribution in [0.5, 0.6) is 0 Å². The van der Waals surface area contributed by atoms with E-state index in [0.717, 1.165) is 12.8 Å². The molecule has 2 nitrogen and oxygen atoms in total. The van der Waals surface area contributed by atoms with E-state index in [1.807, 2.05) is 0 Å². The molecule has 0 saturated carbocycles. The van der Waals surface area contributed by atoms with Crippen molar-refractivity contribution in [2.75, 3.05) is 6.54 Å². The Morgan fingerprint density at radius 2 is 2.17 bits per heavy atom. The first kappa shape index (κ1) is 10.0. The molecule has 0 amide bonds. The molecule has 1 rings (SSSR count). The van der Waals surface area contributed by atoms with Crippen LogP contribution in [0.15, 0.2) is 0 Å². The van der Waals surface area contributed by atoms with E-state index in [1.54, 1.807) is 0 Å². The number of rotatable bonds is 1. The fraction of sp³-hybridized carbons (Fsp3) is 1.00. The van der Waals surface area contributed by atoms with Crippen LogP contribution in [0.4, 0.5) is 0 Å². The van der Waals surface area contributed by atoms with E-state index in [0.29, 0.717) is 24.2 Å². The Morgan fingerprint density at radius 1 is 1.50 bits per heavy atom. The summed E-state index contributed by atoms with van der Waals surface area (Å²) in [6, 6.07) is 0. The normalized spacial score (nSPS) is 36.0. The van der Waals surface area contributed by atoms with Crippen LogP contribution >= 0.6 is 0 Å². The summed E-state index contributed by atoms with van der Waals surface area (Å²) < 4.78 is 5.77. The van der Waals surface area contributed by atoms with E-state index >= 15 is 0 Å². The largest absolute Gasteiger partial charge is 0.374 e. The van der Waals surface area contributed by atoms with Crippen molar-refractivity contribution >= 4 is 0 Å². The first-order valence-electron chi connectivity index (χ1n) is 4.89. The Hall–Kier alpha value is -0.0800. The van der Waals surface area contributed by atoms with Gasteiger partial charge < -0.3 is 10.5 Å². The molecule has 1 saturated heterocycles. The number of hydrogen-bond donors (Lipinski definition) is 1. The van der Waals surface area contributed by atoms with Gasteiger partial charge in [-0.1, -0.05) is 13.8 Å². The minimum atomic E-state index is 0.293. The van der Waals surface area contributed by atoms with E-state index in [9.17, 15) is 0 Å². The van der Waals surface area contributed by atoms with Crippen LogP contribution in [0.2, 0.25) is 0 Å². The van der Waals surface area contributed by atoms with E-state index in [-0.39, 0.29) is 0 Å². The fourth-order valence-electron chi connectivity index (χ4n) is 2.05. The molecule has 0 radical (unpaired) electrons. The molecule has 0 aromatic rings. The zero-order valence-electron chi connectivity index (χ0n) is 8.47. The molecule has 0 bridgehead atoms. The second-order valence-electron chi connectivity index (χ2n) is 4.71. The Bertz CT molecular complexity index is 145. The summed E-state index contributed by atoms with van der Waals surface area (Å²) in [7, 11) is 0. The van der Waals surface area contributed by atoms with Gasteiger partial charge in [0, 0.05) is 6.54 Å². The highest BCUT2D eigenvalue weighted by Crippen LogP contribution is 2.33. The van der Waals surface area contributed by atoms with Gasteiger partial charge >= 0.3 is 0 Å². The van der Waals surface area contributed by atoms with Crippen molar-refractivity contribution in [1.82, 2.24) is 0 Å². The summed E-state index contributed by atoms with van der Waals surface area (Å²) in [6.45, 7) is 7.44. The van der Waals surface area contributed by atoms with E-state index in [2.05, 4.69) is 20.8 Å². The third kappa shape index (κ3) is 2.76. The van der Waals surface area contributed by atoms with Crippen LogP contribution in [-0.4, -0.2) is 18.8 Å². The second-order valence-corrected chi connectivity index (χ2v) is 4.71.